The molecule has 0 saturated heterocycles. The van der Waals surface area contributed by atoms with Gasteiger partial charge in [0.15, 0.2) is 0 Å². The van der Waals surface area contributed by atoms with Gasteiger partial charge in [-0.3, -0.25) is 4.99 Å². The summed E-state index contributed by atoms with van der Waals surface area (Å²) >= 11 is 7.07. The van der Waals surface area contributed by atoms with Crippen LogP contribution in [0.5, 0.6) is 0 Å². The van der Waals surface area contributed by atoms with Crippen molar-refractivity contribution in [3.8, 4) is 0 Å². The second-order valence-electron chi connectivity index (χ2n) is 5.44. The number of rotatable bonds is 4. The Morgan fingerprint density at radius 2 is 1.62 bits per heavy atom. The highest BCUT2D eigenvalue weighted by molar-refractivity contribution is 9.11. The first-order chi connectivity index (χ1) is 9.97. The first-order valence-electron chi connectivity index (χ1n) is 7.05. The van der Waals surface area contributed by atoms with Crippen LogP contribution in [0.4, 0.5) is 0 Å². The number of benzene rings is 2. The van der Waals surface area contributed by atoms with Crippen LogP contribution in [0.2, 0.25) is 0 Å². The molecule has 3 heteroatoms. The Kier molecular flexibility index (Phi) is 5.77. The number of aliphatic imine (C=N–C) groups is 1. The lowest BCUT2D eigenvalue weighted by Gasteiger charge is -2.10. The molecule has 0 aliphatic heterocycles. The van der Waals surface area contributed by atoms with Crippen molar-refractivity contribution in [3.05, 3.63) is 68.1 Å². The second kappa shape index (κ2) is 7.37. The highest BCUT2D eigenvalue weighted by Gasteiger charge is 2.07. The topological polar surface area (TPSA) is 12.4 Å². The molecule has 21 heavy (non-hydrogen) atoms. The fourth-order valence-electron chi connectivity index (χ4n) is 2.09. The number of hydrogen-bond donors (Lipinski definition) is 0. The molecule has 0 N–H and O–H groups in total. The van der Waals surface area contributed by atoms with E-state index in [1.165, 1.54) is 11.1 Å². The average molecular weight is 409 g/mol. The van der Waals surface area contributed by atoms with E-state index in [-0.39, 0.29) is 6.04 Å². The first-order valence-corrected chi connectivity index (χ1v) is 8.64. The zero-order chi connectivity index (χ0) is 15.4. The van der Waals surface area contributed by atoms with Gasteiger partial charge in [0.2, 0.25) is 0 Å². The molecule has 0 aliphatic carbocycles. The van der Waals surface area contributed by atoms with Crippen molar-refractivity contribution in [3.63, 3.8) is 0 Å². The van der Waals surface area contributed by atoms with Crippen LogP contribution in [0.25, 0.3) is 0 Å². The monoisotopic (exact) mass is 407 g/mol. The van der Waals surface area contributed by atoms with Gasteiger partial charge in [-0.15, -0.1) is 0 Å². The minimum Gasteiger partial charge on any atom is -0.285 e. The molecule has 0 aromatic heterocycles. The van der Waals surface area contributed by atoms with Crippen LogP contribution in [-0.4, -0.2) is 6.21 Å². The predicted octanol–water partition coefficient (Wildman–Crippen LogP) is 6.52. The molecule has 0 radical (unpaired) electrons. The molecule has 1 unspecified atom stereocenters. The van der Waals surface area contributed by atoms with E-state index in [9.17, 15) is 0 Å². The molecule has 110 valence electrons. The zero-order valence-corrected chi connectivity index (χ0v) is 15.6. The summed E-state index contributed by atoms with van der Waals surface area (Å²) < 4.78 is 2.15. The first kappa shape index (κ1) is 16.4. The third-order valence-electron chi connectivity index (χ3n) is 3.46. The van der Waals surface area contributed by atoms with Gasteiger partial charge in [-0.2, -0.15) is 0 Å². The number of nitrogens with zero attached hydrogens (tertiary/aromatic N) is 1. The van der Waals surface area contributed by atoms with Gasteiger partial charge in [0.1, 0.15) is 0 Å². The molecule has 0 saturated carbocycles. The van der Waals surface area contributed by atoms with E-state index in [0.29, 0.717) is 5.92 Å². The standard InChI is InChI=1S/C18H19Br2N/c1-12(2)15-6-4-14(5-7-15)11-21-13(3)17-9-8-16(19)10-18(17)20/h4-13H,1-3H3/b21-11-. The molecule has 0 bridgehead atoms. The maximum atomic E-state index is 4.66. The molecule has 2 aromatic rings. The Balaban J connectivity index is 2.12. The van der Waals surface area contributed by atoms with Crippen molar-refractivity contribution in [1.29, 1.82) is 0 Å². The third-order valence-corrected chi connectivity index (χ3v) is 4.64. The summed E-state index contributed by atoms with van der Waals surface area (Å²) in [5.74, 6) is 0.564. The number of halogens is 2. The number of hydrogen-bond acceptors (Lipinski definition) is 1. The van der Waals surface area contributed by atoms with E-state index in [0.717, 1.165) is 14.5 Å². The Morgan fingerprint density at radius 1 is 0.952 bits per heavy atom. The van der Waals surface area contributed by atoms with Gasteiger partial charge in [-0.1, -0.05) is 76.0 Å². The minimum absolute atomic E-state index is 0.122. The van der Waals surface area contributed by atoms with Crippen molar-refractivity contribution in [2.45, 2.75) is 32.7 Å². The average Bonchev–Trinajstić information content (AvgIpc) is 2.45. The molecule has 0 heterocycles. The molecule has 0 aliphatic rings. The van der Waals surface area contributed by atoms with Crippen LogP contribution in [0, 0.1) is 0 Å². The third kappa shape index (κ3) is 4.52. The van der Waals surface area contributed by atoms with Crippen LogP contribution in [-0.2, 0) is 0 Å². The van der Waals surface area contributed by atoms with Gasteiger partial charge >= 0.3 is 0 Å². The molecular weight excluding hydrogens is 390 g/mol. The van der Waals surface area contributed by atoms with Gasteiger partial charge in [-0.05, 0) is 41.7 Å². The Bertz CT molecular complexity index is 630. The summed E-state index contributed by atoms with van der Waals surface area (Å²) in [4.78, 5) is 4.66. The highest BCUT2D eigenvalue weighted by Crippen LogP contribution is 2.28. The van der Waals surface area contributed by atoms with Crippen LogP contribution in [0.3, 0.4) is 0 Å². The Hall–Kier alpha value is -0.930. The van der Waals surface area contributed by atoms with Crippen molar-refractivity contribution in [2.24, 2.45) is 4.99 Å². The predicted molar refractivity (Wildman–Crippen MR) is 98.4 cm³/mol. The summed E-state index contributed by atoms with van der Waals surface area (Å²) in [7, 11) is 0. The molecule has 0 amide bonds. The Morgan fingerprint density at radius 3 is 2.19 bits per heavy atom. The molecular formula is C18H19Br2N. The van der Waals surface area contributed by atoms with Gasteiger partial charge in [0.25, 0.3) is 0 Å². The fraction of sp³-hybridized carbons (Fsp3) is 0.278. The smallest absolute Gasteiger partial charge is 0.0731 e. The molecule has 0 fully saturated rings. The summed E-state index contributed by atoms with van der Waals surface area (Å²) in [6.45, 7) is 6.51. The van der Waals surface area contributed by atoms with E-state index < -0.39 is 0 Å². The second-order valence-corrected chi connectivity index (χ2v) is 7.21. The van der Waals surface area contributed by atoms with Crippen molar-refractivity contribution in [1.82, 2.24) is 0 Å². The van der Waals surface area contributed by atoms with Crippen molar-refractivity contribution in [2.75, 3.05) is 0 Å². The summed E-state index contributed by atoms with van der Waals surface area (Å²) in [6, 6.07) is 14.9. The van der Waals surface area contributed by atoms with Gasteiger partial charge in [-0.25, -0.2) is 0 Å². The van der Waals surface area contributed by atoms with Crippen LogP contribution < -0.4 is 0 Å². The summed E-state index contributed by atoms with van der Waals surface area (Å²) in [5.41, 5.74) is 3.68. The van der Waals surface area contributed by atoms with Crippen LogP contribution in [0.1, 0.15) is 49.4 Å². The maximum Gasteiger partial charge on any atom is 0.0731 e. The molecule has 1 atom stereocenters. The lowest BCUT2D eigenvalue weighted by atomic mass is 10.0. The SMILES string of the molecule is CC(C)c1ccc(/C=N\C(C)c2ccc(Br)cc2Br)cc1. The van der Waals surface area contributed by atoms with Crippen LogP contribution in [0.15, 0.2) is 56.4 Å². The molecule has 0 spiro atoms. The normalized spacial score (nSPS) is 13.0. The molecule has 1 nitrogen and oxygen atoms in total. The lowest BCUT2D eigenvalue weighted by Crippen LogP contribution is -1.93. The van der Waals surface area contributed by atoms with Crippen LogP contribution >= 0.6 is 31.9 Å². The van der Waals surface area contributed by atoms with Crippen molar-refractivity contribution >= 4 is 38.1 Å². The quantitative estimate of drug-likeness (QED) is 0.511. The lowest BCUT2D eigenvalue weighted by molar-refractivity contribution is 0.819. The Labute approximate surface area is 143 Å². The maximum absolute atomic E-state index is 4.66. The van der Waals surface area contributed by atoms with E-state index >= 15 is 0 Å². The van der Waals surface area contributed by atoms with E-state index in [2.05, 4.69) is 94.0 Å². The van der Waals surface area contributed by atoms with Gasteiger partial charge < -0.3 is 0 Å². The van der Waals surface area contributed by atoms with Gasteiger partial charge in [0, 0.05) is 15.2 Å². The molecule has 2 rings (SSSR count). The largest absolute Gasteiger partial charge is 0.285 e. The fourth-order valence-corrected chi connectivity index (χ4v) is 3.46. The molecule has 2 aromatic carbocycles. The van der Waals surface area contributed by atoms with Gasteiger partial charge in [0.05, 0.1) is 6.04 Å². The summed E-state index contributed by atoms with van der Waals surface area (Å²) in [5, 5.41) is 0. The van der Waals surface area contributed by atoms with E-state index in [1.54, 1.807) is 0 Å². The minimum atomic E-state index is 0.122. The zero-order valence-electron chi connectivity index (χ0n) is 12.5. The van der Waals surface area contributed by atoms with E-state index in [4.69, 9.17) is 0 Å². The van der Waals surface area contributed by atoms with E-state index in [1.807, 2.05) is 12.3 Å². The van der Waals surface area contributed by atoms with Crippen molar-refractivity contribution < 1.29 is 0 Å². The summed E-state index contributed by atoms with van der Waals surface area (Å²) in [6.07, 6.45) is 1.95. The highest BCUT2D eigenvalue weighted by atomic mass is 79.9.